The molecular weight excluding hydrogens is 398 g/mol. The van der Waals surface area contributed by atoms with E-state index in [1.54, 1.807) is 6.92 Å². The molecule has 0 fully saturated rings. The van der Waals surface area contributed by atoms with Gasteiger partial charge in [-0.05, 0) is 51.5 Å². The second-order valence-corrected chi connectivity index (χ2v) is 7.19. The Morgan fingerprint density at radius 3 is 2.32 bits per heavy atom. The number of hydrogen-bond donors (Lipinski definition) is 1. The van der Waals surface area contributed by atoms with Crippen molar-refractivity contribution in [3.63, 3.8) is 0 Å². The number of carbonyl (C=O) groups is 2. The van der Waals surface area contributed by atoms with E-state index in [0.29, 0.717) is 31.9 Å². The second kappa shape index (κ2) is 17.3. The summed E-state index contributed by atoms with van der Waals surface area (Å²) < 4.78 is 21.7. The van der Waals surface area contributed by atoms with Gasteiger partial charge in [-0.1, -0.05) is 36.9 Å². The van der Waals surface area contributed by atoms with E-state index in [1.165, 1.54) is 0 Å². The van der Waals surface area contributed by atoms with Crippen LogP contribution in [0.1, 0.15) is 57.6 Å². The molecule has 0 aliphatic rings. The zero-order chi connectivity index (χ0) is 22.7. The quantitative estimate of drug-likeness (QED) is 0.219. The highest BCUT2D eigenvalue weighted by molar-refractivity contribution is 5.86. The van der Waals surface area contributed by atoms with E-state index in [9.17, 15) is 9.59 Å². The van der Waals surface area contributed by atoms with E-state index in [2.05, 4.69) is 11.9 Å². The lowest BCUT2D eigenvalue weighted by atomic mass is 10.1. The second-order valence-electron chi connectivity index (χ2n) is 7.19. The lowest BCUT2D eigenvalue weighted by molar-refractivity contribution is -0.139. The van der Waals surface area contributed by atoms with Crippen molar-refractivity contribution in [2.75, 3.05) is 39.6 Å². The Hall–Kier alpha value is -2.38. The van der Waals surface area contributed by atoms with E-state index < -0.39 is 12.2 Å². The third-order valence-electron chi connectivity index (χ3n) is 4.39. The average molecular weight is 436 g/mol. The highest BCUT2D eigenvalue weighted by atomic mass is 16.6. The van der Waals surface area contributed by atoms with Crippen LogP contribution in [0.25, 0.3) is 0 Å². The van der Waals surface area contributed by atoms with Crippen molar-refractivity contribution in [2.45, 2.75) is 52.1 Å². The van der Waals surface area contributed by atoms with Crippen LogP contribution in [0.5, 0.6) is 0 Å². The number of unbranched alkanes of at least 4 members (excludes halogenated alkanes) is 3. The maximum atomic E-state index is 12.2. The number of ether oxygens (including phenoxy) is 4. The molecule has 7 heteroatoms. The molecule has 0 aromatic heterocycles. The maximum Gasteiger partial charge on any atom is 0.407 e. The van der Waals surface area contributed by atoms with Crippen molar-refractivity contribution >= 4 is 12.1 Å². The van der Waals surface area contributed by atoms with Crippen LogP contribution >= 0.6 is 0 Å². The van der Waals surface area contributed by atoms with Crippen LogP contribution in [0.15, 0.2) is 42.5 Å². The molecule has 0 saturated carbocycles. The summed E-state index contributed by atoms with van der Waals surface area (Å²) in [5.74, 6) is -0.370. The van der Waals surface area contributed by atoms with Crippen LogP contribution in [0, 0.1) is 0 Å². The minimum Gasteiger partial charge on any atom is -0.462 e. The number of amides is 1. The first-order chi connectivity index (χ1) is 15.0. The normalized spacial score (nSPS) is 11.5. The van der Waals surface area contributed by atoms with Gasteiger partial charge in [0.05, 0.1) is 13.2 Å². The smallest absolute Gasteiger partial charge is 0.407 e. The lowest BCUT2D eigenvalue weighted by Crippen LogP contribution is -2.28. The Bertz CT molecular complexity index is 634. The molecule has 0 heterocycles. The molecule has 7 nitrogen and oxygen atoms in total. The molecule has 1 rings (SSSR count). The predicted molar refractivity (Wildman–Crippen MR) is 120 cm³/mol. The van der Waals surface area contributed by atoms with Gasteiger partial charge in [0.15, 0.2) is 6.10 Å². The van der Waals surface area contributed by atoms with Gasteiger partial charge in [-0.25, -0.2) is 9.59 Å². The van der Waals surface area contributed by atoms with Crippen LogP contribution < -0.4 is 5.32 Å². The molecule has 1 amide bonds. The highest BCUT2D eigenvalue weighted by Gasteiger charge is 2.16. The van der Waals surface area contributed by atoms with Gasteiger partial charge in [-0.3, -0.25) is 0 Å². The Labute approximate surface area is 186 Å². The number of hydrogen-bond acceptors (Lipinski definition) is 6. The fourth-order valence-corrected chi connectivity index (χ4v) is 2.66. The van der Waals surface area contributed by atoms with Gasteiger partial charge in [0.1, 0.15) is 0 Å². The summed E-state index contributed by atoms with van der Waals surface area (Å²) in [4.78, 5) is 23.5. The number of carbonyl (C=O) groups excluding carboxylic acids is 2. The van der Waals surface area contributed by atoms with Gasteiger partial charge >= 0.3 is 12.1 Å². The predicted octanol–water partition coefficient (Wildman–Crippen LogP) is 4.58. The molecule has 0 bridgehead atoms. The van der Waals surface area contributed by atoms with E-state index in [1.807, 2.05) is 37.3 Å². The van der Waals surface area contributed by atoms with Gasteiger partial charge in [0.25, 0.3) is 0 Å². The molecule has 0 saturated heterocycles. The Morgan fingerprint density at radius 1 is 0.968 bits per heavy atom. The molecule has 0 spiro atoms. The van der Waals surface area contributed by atoms with E-state index in [0.717, 1.165) is 50.9 Å². The van der Waals surface area contributed by atoms with Crippen molar-refractivity contribution in [2.24, 2.45) is 0 Å². The van der Waals surface area contributed by atoms with Crippen molar-refractivity contribution in [3.8, 4) is 0 Å². The zero-order valence-electron chi connectivity index (χ0n) is 18.9. The minimum absolute atomic E-state index is 0.306. The van der Waals surface area contributed by atoms with Gasteiger partial charge in [0, 0.05) is 31.9 Å². The van der Waals surface area contributed by atoms with E-state index in [-0.39, 0.29) is 5.97 Å². The molecule has 1 N–H and O–H groups in total. The largest absolute Gasteiger partial charge is 0.462 e. The van der Waals surface area contributed by atoms with Crippen molar-refractivity contribution in [1.29, 1.82) is 0 Å². The molecule has 174 valence electrons. The van der Waals surface area contributed by atoms with Crippen LogP contribution in [0.3, 0.4) is 0 Å². The van der Waals surface area contributed by atoms with Crippen LogP contribution in [0.2, 0.25) is 0 Å². The summed E-state index contributed by atoms with van der Waals surface area (Å²) in [6.07, 6.45) is 3.24. The first-order valence-corrected chi connectivity index (χ1v) is 11.0. The summed E-state index contributed by atoms with van der Waals surface area (Å²) in [7, 11) is 0. The van der Waals surface area contributed by atoms with Gasteiger partial charge in [0.2, 0.25) is 0 Å². The first kappa shape index (κ1) is 26.7. The maximum absolute atomic E-state index is 12.2. The fourth-order valence-electron chi connectivity index (χ4n) is 2.66. The zero-order valence-corrected chi connectivity index (χ0v) is 18.9. The monoisotopic (exact) mass is 435 g/mol. The third-order valence-corrected chi connectivity index (χ3v) is 4.39. The molecule has 0 aliphatic carbocycles. The topological polar surface area (TPSA) is 83.1 Å². The molecule has 1 aromatic rings. The summed E-state index contributed by atoms with van der Waals surface area (Å²) in [6, 6.07) is 9.58. The van der Waals surface area contributed by atoms with Crippen molar-refractivity contribution in [1.82, 2.24) is 5.32 Å². The number of rotatable bonds is 17. The summed E-state index contributed by atoms with van der Waals surface area (Å²) >= 11 is 0. The highest BCUT2D eigenvalue weighted by Crippen LogP contribution is 2.18. The standard InChI is InChI=1S/C24H37NO6/c1-4-28-16-11-12-17-29-19-22(21-13-7-5-8-14-21)31-24(27)25-15-9-6-10-18-30-23(26)20(2)3/h5,7-8,13-14,22H,2,4,6,9-12,15-19H2,1,3H3,(H,25,27). The number of alkyl carbamates (subject to hydrolysis) is 1. The number of benzene rings is 1. The van der Waals surface area contributed by atoms with E-state index in [4.69, 9.17) is 18.9 Å². The Morgan fingerprint density at radius 2 is 1.65 bits per heavy atom. The number of esters is 1. The molecule has 1 atom stereocenters. The van der Waals surface area contributed by atoms with Crippen LogP contribution in [-0.4, -0.2) is 51.6 Å². The fraction of sp³-hybridized carbons (Fsp3) is 0.583. The van der Waals surface area contributed by atoms with Crippen LogP contribution in [0.4, 0.5) is 4.79 Å². The molecular formula is C24H37NO6. The minimum atomic E-state index is -0.470. The van der Waals surface area contributed by atoms with Crippen LogP contribution in [-0.2, 0) is 23.7 Å². The summed E-state index contributed by atoms with van der Waals surface area (Å²) in [5.41, 5.74) is 1.29. The lowest BCUT2D eigenvalue weighted by Gasteiger charge is -2.19. The summed E-state index contributed by atoms with van der Waals surface area (Å²) in [5, 5.41) is 2.77. The van der Waals surface area contributed by atoms with Gasteiger partial charge < -0.3 is 24.3 Å². The van der Waals surface area contributed by atoms with Gasteiger partial charge in [-0.2, -0.15) is 0 Å². The first-order valence-electron chi connectivity index (χ1n) is 11.0. The van der Waals surface area contributed by atoms with E-state index >= 15 is 0 Å². The Kier molecular flexibility index (Phi) is 14.9. The number of nitrogens with one attached hydrogen (secondary N) is 1. The Balaban J connectivity index is 2.26. The molecule has 31 heavy (non-hydrogen) atoms. The molecule has 0 aliphatic heterocycles. The van der Waals surface area contributed by atoms with Crippen molar-refractivity contribution in [3.05, 3.63) is 48.0 Å². The summed E-state index contributed by atoms with van der Waals surface area (Å²) in [6.45, 7) is 10.3. The van der Waals surface area contributed by atoms with Crippen molar-refractivity contribution < 1.29 is 28.5 Å². The van der Waals surface area contributed by atoms with Gasteiger partial charge in [-0.15, -0.1) is 0 Å². The third kappa shape index (κ3) is 13.5. The average Bonchev–Trinajstić information content (AvgIpc) is 2.77. The molecule has 1 unspecified atom stereocenters. The SMILES string of the molecule is C=C(C)C(=O)OCCCCCNC(=O)OC(COCCCCOCC)c1ccccc1. The molecule has 0 radical (unpaired) electrons. The molecule has 1 aromatic carbocycles.